The van der Waals surface area contributed by atoms with Crippen LogP contribution in [0.5, 0.6) is 0 Å². The van der Waals surface area contributed by atoms with Crippen LogP contribution in [0, 0.1) is 6.92 Å². The van der Waals surface area contributed by atoms with Gasteiger partial charge < -0.3 is 4.90 Å². The Bertz CT molecular complexity index is 691. The van der Waals surface area contributed by atoms with Crippen LogP contribution in [0.1, 0.15) is 28.9 Å². The van der Waals surface area contributed by atoms with E-state index in [1.54, 1.807) is 0 Å². The van der Waals surface area contributed by atoms with Gasteiger partial charge in [0.05, 0.1) is 17.9 Å². The van der Waals surface area contributed by atoms with Crippen LogP contribution in [0.3, 0.4) is 0 Å². The molecular weight excluding hydrogens is 298 g/mol. The fourth-order valence-corrected chi connectivity index (χ4v) is 3.18. The van der Waals surface area contributed by atoms with Crippen molar-refractivity contribution in [3.63, 3.8) is 0 Å². The minimum absolute atomic E-state index is 0.208. The number of hydrogen-bond acceptors (Lipinski definition) is 2. The van der Waals surface area contributed by atoms with Gasteiger partial charge in [-0.3, -0.25) is 9.48 Å². The highest BCUT2D eigenvalue weighted by atomic mass is 35.5. The van der Waals surface area contributed by atoms with E-state index in [0.717, 1.165) is 35.7 Å². The third-order valence-electron chi connectivity index (χ3n) is 4.34. The second-order valence-electron chi connectivity index (χ2n) is 5.83. The van der Waals surface area contributed by atoms with E-state index in [1.807, 2.05) is 47.8 Å². The van der Waals surface area contributed by atoms with E-state index < -0.39 is 0 Å². The van der Waals surface area contributed by atoms with E-state index >= 15 is 0 Å². The molecule has 0 saturated heterocycles. The zero-order valence-corrected chi connectivity index (χ0v) is 13.7. The maximum Gasteiger partial charge on any atom is 0.223 e. The average Bonchev–Trinajstić information content (AvgIpc) is 2.81. The average molecular weight is 318 g/mol. The topological polar surface area (TPSA) is 38.1 Å². The van der Waals surface area contributed by atoms with Crippen LogP contribution in [-0.4, -0.2) is 27.1 Å². The Morgan fingerprint density at radius 1 is 1.32 bits per heavy atom. The lowest BCUT2D eigenvalue weighted by atomic mass is 10.0. The summed E-state index contributed by atoms with van der Waals surface area (Å²) in [6.07, 6.45) is 2.19. The first-order valence-electron chi connectivity index (χ1n) is 7.58. The molecule has 0 aliphatic carbocycles. The number of aryl methyl sites for hydroxylation is 3. The number of rotatable bonds is 3. The Morgan fingerprint density at radius 2 is 2.05 bits per heavy atom. The van der Waals surface area contributed by atoms with Crippen LogP contribution in [-0.2, 0) is 31.2 Å². The molecule has 1 amide bonds. The van der Waals surface area contributed by atoms with E-state index in [-0.39, 0.29) is 5.91 Å². The monoisotopic (exact) mass is 317 g/mol. The quantitative estimate of drug-likeness (QED) is 0.873. The van der Waals surface area contributed by atoms with Gasteiger partial charge in [-0.15, -0.1) is 0 Å². The number of hydrogen-bond donors (Lipinski definition) is 0. The summed E-state index contributed by atoms with van der Waals surface area (Å²) in [7, 11) is 1.95. The molecule has 0 radical (unpaired) electrons. The summed E-state index contributed by atoms with van der Waals surface area (Å²) in [6.45, 7) is 3.50. The summed E-state index contributed by atoms with van der Waals surface area (Å²) in [5.74, 6) is 0.208. The van der Waals surface area contributed by atoms with Crippen LogP contribution in [0.15, 0.2) is 24.3 Å². The maximum absolute atomic E-state index is 12.4. The highest BCUT2D eigenvalue weighted by molar-refractivity contribution is 6.30. The van der Waals surface area contributed by atoms with E-state index in [0.29, 0.717) is 13.0 Å². The SMILES string of the molecule is Cc1nn(C)c2c1CCN(C(=O)CCc1ccc(Cl)cc1)C2. The molecule has 1 aliphatic rings. The molecule has 0 fully saturated rings. The minimum Gasteiger partial charge on any atom is -0.336 e. The Morgan fingerprint density at radius 3 is 2.77 bits per heavy atom. The number of benzene rings is 1. The van der Waals surface area contributed by atoms with Gasteiger partial charge in [-0.2, -0.15) is 5.10 Å². The molecule has 2 aromatic rings. The molecule has 1 aromatic carbocycles. The van der Waals surface area contributed by atoms with Gasteiger partial charge in [-0.25, -0.2) is 0 Å². The lowest BCUT2D eigenvalue weighted by Crippen LogP contribution is -2.36. The van der Waals surface area contributed by atoms with Crippen molar-refractivity contribution < 1.29 is 4.79 Å². The van der Waals surface area contributed by atoms with Crippen molar-refractivity contribution in [2.24, 2.45) is 7.05 Å². The number of halogens is 1. The Labute approximate surface area is 135 Å². The zero-order chi connectivity index (χ0) is 15.7. The Hall–Kier alpha value is -1.81. The second kappa shape index (κ2) is 6.13. The molecule has 116 valence electrons. The lowest BCUT2D eigenvalue weighted by molar-refractivity contribution is -0.132. The van der Waals surface area contributed by atoms with Gasteiger partial charge in [-0.1, -0.05) is 23.7 Å². The molecule has 2 heterocycles. The van der Waals surface area contributed by atoms with E-state index in [4.69, 9.17) is 11.6 Å². The smallest absolute Gasteiger partial charge is 0.223 e. The summed E-state index contributed by atoms with van der Waals surface area (Å²) in [5.41, 5.74) is 4.71. The van der Waals surface area contributed by atoms with Crippen molar-refractivity contribution in [1.82, 2.24) is 14.7 Å². The van der Waals surface area contributed by atoms with Gasteiger partial charge >= 0.3 is 0 Å². The molecular formula is C17H20ClN3O. The zero-order valence-electron chi connectivity index (χ0n) is 13.0. The summed E-state index contributed by atoms with van der Waals surface area (Å²) in [6, 6.07) is 7.70. The minimum atomic E-state index is 0.208. The number of carbonyl (C=O) groups excluding carboxylic acids is 1. The maximum atomic E-state index is 12.4. The molecule has 0 bridgehead atoms. The molecule has 5 heteroatoms. The van der Waals surface area contributed by atoms with E-state index in [9.17, 15) is 4.79 Å². The third kappa shape index (κ3) is 3.02. The first-order chi connectivity index (χ1) is 10.5. The summed E-state index contributed by atoms with van der Waals surface area (Å²) >= 11 is 5.88. The number of nitrogens with zero attached hydrogens (tertiary/aromatic N) is 3. The molecule has 1 aromatic heterocycles. The van der Waals surface area contributed by atoms with E-state index in [2.05, 4.69) is 5.10 Å². The van der Waals surface area contributed by atoms with Crippen molar-refractivity contribution in [3.05, 3.63) is 51.8 Å². The highest BCUT2D eigenvalue weighted by Gasteiger charge is 2.24. The summed E-state index contributed by atoms with van der Waals surface area (Å²) in [4.78, 5) is 14.4. The molecule has 0 spiro atoms. The van der Waals surface area contributed by atoms with Crippen LogP contribution in [0.25, 0.3) is 0 Å². The van der Waals surface area contributed by atoms with Crippen molar-refractivity contribution in [3.8, 4) is 0 Å². The molecule has 0 saturated carbocycles. The summed E-state index contributed by atoms with van der Waals surface area (Å²) < 4.78 is 1.91. The van der Waals surface area contributed by atoms with Crippen LogP contribution in [0.2, 0.25) is 5.02 Å². The fraction of sp³-hybridized carbons (Fsp3) is 0.412. The third-order valence-corrected chi connectivity index (χ3v) is 4.59. The van der Waals surface area contributed by atoms with Crippen molar-refractivity contribution in [1.29, 1.82) is 0 Å². The molecule has 3 rings (SSSR count). The molecule has 22 heavy (non-hydrogen) atoms. The Kier molecular flexibility index (Phi) is 4.21. The second-order valence-corrected chi connectivity index (χ2v) is 6.26. The van der Waals surface area contributed by atoms with Crippen LogP contribution in [0.4, 0.5) is 0 Å². The van der Waals surface area contributed by atoms with E-state index in [1.165, 1.54) is 11.3 Å². The van der Waals surface area contributed by atoms with Gasteiger partial charge in [0.25, 0.3) is 0 Å². The van der Waals surface area contributed by atoms with Crippen LogP contribution >= 0.6 is 11.6 Å². The lowest BCUT2D eigenvalue weighted by Gasteiger charge is -2.27. The number of carbonyl (C=O) groups is 1. The van der Waals surface area contributed by atoms with Gasteiger partial charge in [0.15, 0.2) is 0 Å². The first-order valence-corrected chi connectivity index (χ1v) is 7.96. The van der Waals surface area contributed by atoms with Crippen molar-refractivity contribution in [2.75, 3.05) is 6.54 Å². The molecule has 0 unspecified atom stereocenters. The van der Waals surface area contributed by atoms with Gasteiger partial charge in [0.1, 0.15) is 0 Å². The van der Waals surface area contributed by atoms with Gasteiger partial charge in [-0.05, 0) is 43.0 Å². The van der Waals surface area contributed by atoms with Crippen LogP contribution < -0.4 is 0 Å². The first kappa shape index (κ1) is 15.1. The highest BCUT2D eigenvalue weighted by Crippen LogP contribution is 2.22. The summed E-state index contributed by atoms with van der Waals surface area (Å²) in [5, 5.41) is 5.18. The van der Waals surface area contributed by atoms with Gasteiger partial charge in [0.2, 0.25) is 5.91 Å². The molecule has 0 N–H and O–H groups in total. The molecule has 0 atom stereocenters. The van der Waals surface area contributed by atoms with Gasteiger partial charge in [0, 0.05) is 25.0 Å². The molecule has 4 nitrogen and oxygen atoms in total. The number of aromatic nitrogens is 2. The number of amides is 1. The largest absolute Gasteiger partial charge is 0.336 e. The normalized spacial score (nSPS) is 14.0. The predicted octanol–water partition coefficient (Wildman–Crippen LogP) is 2.90. The number of fused-ring (bicyclic) bond motifs is 1. The predicted molar refractivity (Wildman–Crippen MR) is 86.8 cm³/mol. The fourth-order valence-electron chi connectivity index (χ4n) is 3.05. The Balaban J connectivity index is 1.62. The van der Waals surface area contributed by atoms with Crippen molar-refractivity contribution >= 4 is 17.5 Å². The standard InChI is InChI=1S/C17H20ClN3O/c1-12-15-9-10-21(11-16(15)20(2)19-12)17(22)8-5-13-3-6-14(18)7-4-13/h3-4,6-7H,5,8-11H2,1-2H3. The molecule has 1 aliphatic heterocycles. The van der Waals surface area contributed by atoms with Crippen molar-refractivity contribution in [2.45, 2.75) is 32.7 Å².